The molecule has 0 unspecified atom stereocenters. The summed E-state index contributed by atoms with van der Waals surface area (Å²) in [7, 11) is 0. The summed E-state index contributed by atoms with van der Waals surface area (Å²) in [4.78, 5) is 11.4. The van der Waals surface area contributed by atoms with Gasteiger partial charge in [0.1, 0.15) is 5.82 Å². The monoisotopic (exact) mass is 262 g/mol. The zero-order chi connectivity index (χ0) is 13.7. The maximum Gasteiger partial charge on any atom is 0.147 e. The molecular formula is C15H26N4. The molecule has 1 aromatic heterocycles. The predicted octanol–water partition coefficient (Wildman–Crippen LogP) is 2.60. The average molecular weight is 262 g/mol. The van der Waals surface area contributed by atoms with Crippen LogP contribution in [0.15, 0.2) is 12.4 Å². The molecule has 4 heteroatoms. The summed E-state index contributed by atoms with van der Waals surface area (Å²) < 4.78 is 0. The van der Waals surface area contributed by atoms with Crippen LogP contribution in [0.1, 0.15) is 45.7 Å². The first-order valence-corrected chi connectivity index (χ1v) is 7.37. The molecule has 0 spiro atoms. The zero-order valence-corrected chi connectivity index (χ0v) is 12.4. The molecule has 0 bridgehead atoms. The maximum absolute atomic E-state index is 4.72. The molecule has 0 aliphatic carbocycles. The van der Waals surface area contributed by atoms with Crippen molar-refractivity contribution in [1.82, 2.24) is 15.3 Å². The van der Waals surface area contributed by atoms with Crippen molar-refractivity contribution < 1.29 is 0 Å². The second-order valence-corrected chi connectivity index (χ2v) is 6.15. The molecule has 106 valence electrons. The molecule has 1 N–H and O–H groups in total. The molecule has 19 heavy (non-hydrogen) atoms. The van der Waals surface area contributed by atoms with Crippen LogP contribution in [0.5, 0.6) is 0 Å². The Balaban J connectivity index is 2.04. The fourth-order valence-corrected chi connectivity index (χ4v) is 2.54. The van der Waals surface area contributed by atoms with E-state index in [0.717, 1.165) is 37.7 Å². The van der Waals surface area contributed by atoms with Crippen molar-refractivity contribution in [3.05, 3.63) is 18.1 Å². The van der Waals surface area contributed by atoms with Crippen molar-refractivity contribution in [2.45, 2.75) is 46.6 Å². The van der Waals surface area contributed by atoms with Crippen molar-refractivity contribution in [2.75, 3.05) is 24.5 Å². The lowest BCUT2D eigenvalue weighted by Crippen LogP contribution is -2.26. The van der Waals surface area contributed by atoms with Gasteiger partial charge >= 0.3 is 0 Å². The molecule has 2 rings (SSSR count). The van der Waals surface area contributed by atoms with E-state index >= 15 is 0 Å². The lowest BCUT2D eigenvalue weighted by atomic mass is 9.85. The molecule has 1 saturated heterocycles. The van der Waals surface area contributed by atoms with Crippen molar-refractivity contribution in [2.24, 2.45) is 5.41 Å². The van der Waals surface area contributed by atoms with Crippen molar-refractivity contribution in [3.63, 3.8) is 0 Å². The normalized spacial score (nSPS) is 19.2. The number of hydrogen-bond donors (Lipinski definition) is 1. The zero-order valence-electron chi connectivity index (χ0n) is 12.4. The second kappa shape index (κ2) is 6.33. The Bertz CT molecular complexity index is 403. The Labute approximate surface area is 116 Å². The van der Waals surface area contributed by atoms with E-state index in [4.69, 9.17) is 4.98 Å². The van der Waals surface area contributed by atoms with Crippen LogP contribution in [-0.2, 0) is 6.54 Å². The first kappa shape index (κ1) is 14.3. The summed E-state index contributed by atoms with van der Waals surface area (Å²) in [6.07, 6.45) is 7.52. The van der Waals surface area contributed by atoms with Crippen LogP contribution in [0.3, 0.4) is 0 Å². The highest BCUT2D eigenvalue weighted by Crippen LogP contribution is 2.30. The molecule has 0 atom stereocenters. The summed E-state index contributed by atoms with van der Waals surface area (Å²) in [6.45, 7) is 10.8. The van der Waals surface area contributed by atoms with Gasteiger partial charge in [-0.3, -0.25) is 4.98 Å². The van der Waals surface area contributed by atoms with Crippen LogP contribution >= 0.6 is 0 Å². The largest absolute Gasteiger partial charge is 0.355 e. The van der Waals surface area contributed by atoms with Gasteiger partial charge in [0.25, 0.3) is 0 Å². The van der Waals surface area contributed by atoms with E-state index in [0.29, 0.717) is 5.41 Å². The second-order valence-electron chi connectivity index (χ2n) is 6.15. The minimum Gasteiger partial charge on any atom is -0.355 e. The number of anilines is 1. The first-order valence-electron chi connectivity index (χ1n) is 7.37. The van der Waals surface area contributed by atoms with Crippen LogP contribution in [0.2, 0.25) is 0 Å². The number of aromatic nitrogens is 2. The van der Waals surface area contributed by atoms with Gasteiger partial charge in [-0.15, -0.1) is 0 Å². The third-order valence-corrected chi connectivity index (χ3v) is 3.89. The summed E-state index contributed by atoms with van der Waals surface area (Å²) in [5.41, 5.74) is 1.49. The molecule has 1 aliphatic rings. The lowest BCUT2D eigenvalue weighted by molar-refractivity contribution is 0.325. The Morgan fingerprint density at radius 1 is 1.26 bits per heavy atom. The summed E-state index contributed by atoms with van der Waals surface area (Å²) in [5.74, 6) is 1.04. The fourth-order valence-electron chi connectivity index (χ4n) is 2.54. The van der Waals surface area contributed by atoms with Crippen molar-refractivity contribution >= 4 is 5.82 Å². The highest BCUT2D eigenvalue weighted by atomic mass is 15.2. The first-order chi connectivity index (χ1) is 9.11. The smallest absolute Gasteiger partial charge is 0.147 e. The summed E-state index contributed by atoms with van der Waals surface area (Å²) in [5, 5.41) is 3.30. The highest BCUT2D eigenvalue weighted by Gasteiger charge is 2.23. The van der Waals surface area contributed by atoms with Crippen LogP contribution in [0.25, 0.3) is 0 Å². The van der Waals surface area contributed by atoms with Crippen molar-refractivity contribution in [1.29, 1.82) is 0 Å². The third kappa shape index (κ3) is 4.16. The highest BCUT2D eigenvalue weighted by molar-refractivity contribution is 5.36. The van der Waals surface area contributed by atoms with Gasteiger partial charge in [-0.2, -0.15) is 0 Å². The van der Waals surface area contributed by atoms with Gasteiger partial charge in [0.2, 0.25) is 0 Å². The van der Waals surface area contributed by atoms with E-state index in [1.807, 2.05) is 12.4 Å². The molecule has 1 aliphatic heterocycles. The molecule has 0 saturated carbocycles. The quantitative estimate of drug-likeness (QED) is 0.905. The van der Waals surface area contributed by atoms with Crippen LogP contribution in [-0.4, -0.2) is 29.6 Å². The Morgan fingerprint density at radius 3 is 2.89 bits per heavy atom. The van der Waals surface area contributed by atoms with E-state index in [1.165, 1.54) is 19.3 Å². The molecule has 4 nitrogen and oxygen atoms in total. The van der Waals surface area contributed by atoms with E-state index in [-0.39, 0.29) is 0 Å². The predicted molar refractivity (Wildman–Crippen MR) is 79.3 cm³/mol. The topological polar surface area (TPSA) is 41.1 Å². The van der Waals surface area contributed by atoms with Crippen molar-refractivity contribution in [3.8, 4) is 0 Å². The SMILES string of the molecule is CCNCc1cncc(N2CCCC(C)(C)CC2)n1. The van der Waals surface area contributed by atoms with Crippen LogP contribution in [0.4, 0.5) is 5.82 Å². The molecule has 1 aromatic rings. The molecular weight excluding hydrogens is 236 g/mol. The number of nitrogens with one attached hydrogen (secondary N) is 1. The standard InChI is InChI=1S/C15H26N4/c1-4-16-10-13-11-17-12-14(18-13)19-8-5-6-15(2,3)7-9-19/h11-12,16H,4-10H2,1-3H3. The maximum atomic E-state index is 4.72. The molecule has 0 radical (unpaired) electrons. The van der Waals surface area contributed by atoms with Gasteiger partial charge in [-0.25, -0.2) is 4.98 Å². The summed E-state index contributed by atoms with van der Waals surface area (Å²) >= 11 is 0. The van der Waals surface area contributed by atoms with Gasteiger partial charge < -0.3 is 10.2 Å². The third-order valence-electron chi connectivity index (χ3n) is 3.89. The van der Waals surface area contributed by atoms with Crippen LogP contribution in [0, 0.1) is 5.41 Å². The van der Waals surface area contributed by atoms with E-state index in [9.17, 15) is 0 Å². The molecule has 1 fully saturated rings. The fraction of sp³-hybridized carbons (Fsp3) is 0.733. The van der Waals surface area contributed by atoms with Gasteiger partial charge in [-0.05, 0) is 31.2 Å². The Hall–Kier alpha value is -1.16. The Morgan fingerprint density at radius 2 is 2.11 bits per heavy atom. The van der Waals surface area contributed by atoms with E-state index in [1.54, 1.807) is 0 Å². The summed E-state index contributed by atoms with van der Waals surface area (Å²) in [6, 6.07) is 0. The van der Waals surface area contributed by atoms with Gasteiger partial charge in [0.15, 0.2) is 0 Å². The lowest BCUT2D eigenvalue weighted by Gasteiger charge is -2.24. The van der Waals surface area contributed by atoms with Crippen LogP contribution < -0.4 is 10.2 Å². The van der Waals surface area contributed by atoms with Gasteiger partial charge in [0.05, 0.1) is 11.9 Å². The minimum atomic E-state index is 0.462. The number of nitrogens with zero attached hydrogens (tertiary/aromatic N) is 3. The molecule has 2 heterocycles. The average Bonchev–Trinajstić information content (AvgIpc) is 2.58. The van der Waals surface area contributed by atoms with E-state index in [2.05, 4.69) is 36.0 Å². The number of rotatable bonds is 4. The molecule has 0 amide bonds. The van der Waals surface area contributed by atoms with E-state index < -0.39 is 0 Å². The van der Waals surface area contributed by atoms with Gasteiger partial charge in [-0.1, -0.05) is 20.8 Å². The minimum absolute atomic E-state index is 0.462. The van der Waals surface area contributed by atoms with Gasteiger partial charge in [0, 0.05) is 25.8 Å². The molecule has 0 aromatic carbocycles. The number of hydrogen-bond acceptors (Lipinski definition) is 4. The Kier molecular flexibility index (Phi) is 4.75.